The monoisotopic (exact) mass is 371 g/mol. The van der Waals surface area contributed by atoms with Crippen LogP contribution in [0.5, 0.6) is 0 Å². The Hall–Kier alpha value is -2.37. The summed E-state index contributed by atoms with van der Waals surface area (Å²) in [6.45, 7) is 4.65. The van der Waals surface area contributed by atoms with Gasteiger partial charge in [-0.2, -0.15) is 0 Å². The van der Waals surface area contributed by atoms with E-state index in [2.05, 4.69) is 13.8 Å². The third-order valence-corrected chi connectivity index (χ3v) is 4.67. The first-order chi connectivity index (χ1) is 12.4. The Morgan fingerprint density at radius 2 is 1.73 bits per heavy atom. The summed E-state index contributed by atoms with van der Waals surface area (Å²) >= 11 is 6.20. The molecule has 6 heteroatoms. The molecule has 2 amide bonds. The minimum Gasteiger partial charge on any atom is -0.312 e. The van der Waals surface area contributed by atoms with Gasteiger partial charge in [0.1, 0.15) is 0 Å². The quantitative estimate of drug-likeness (QED) is 0.833. The summed E-state index contributed by atoms with van der Waals surface area (Å²) in [5.74, 6) is -0.444. The summed E-state index contributed by atoms with van der Waals surface area (Å²) in [4.78, 5) is 29.0. The fourth-order valence-electron chi connectivity index (χ4n) is 3.01. The highest BCUT2D eigenvalue weighted by Gasteiger charge is 2.38. The zero-order valence-corrected chi connectivity index (χ0v) is 15.6. The number of carbonyl (C=O) groups is 2. The average molecular weight is 372 g/mol. The molecule has 1 aliphatic heterocycles. The Morgan fingerprint density at radius 3 is 2.38 bits per heavy atom. The van der Waals surface area contributed by atoms with Crippen molar-refractivity contribution >= 4 is 40.5 Å². The lowest BCUT2D eigenvalue weighted by molar-refractivity contribution is -0.127. The smallest absolute Gasteiger partial charge is 0.258 e. The first kappa shape index (κ1) is 18.4. The Kier molecular flexibility index (Phi) is 5.30. The van der Waals surface area contributed by atoms with Gasteiger partial charge in [-0.05, 0) is 42.7 Å². The lowest BCUT2D eigenvalue weighted by atomic mass is 10.1. The van der Waals surface area contributed by atoms with Crippen LogP contribution < -0.4 is 15.5 Å². The van der Waals surface area contributed by atoms with Crippen LogP contribution >= 0.6 is 11.6 Å². The van der Waals surface area contributed by atoms with E-state index in [1.54, 1.807) is 23.1 Å². The maximum absolute atomic E-state index is 13.0. The minimum absolute atomic E-state index is 0.405. The van der Waals surface area contributed by atoms with Crippen LogP contribution in [0.25, 0.3) is 0 Å². The zero-order chi connectivity index (χ0) is 18.8. The van der Waals surface area contributed by atoms with E-state index in [0.29, 0.717) is 34.5 Å². The van der Waals surface area contributed by atoms with E-state index in [0.717, 1.165) is 6.42 Å². The first-order valence-corrected chi connectivity index (χ1v) is 9.03. The Bertz CT molecular complexity index is 823. The van der Waals surface area contributed by atoms with E-state index in [-0.39, 0.29) is 0 Å². The number of rotatable bonds is 4. The maximum Gasteiger partial charge on any atom is 0.258 e. The van der Waals surface area contributed by atoms with Gasteiger partial charge in [-0.1, -0.05) is 43.6 Å². The van der Waals surface area contributed by atoms with Gasteiger partial charge in [-0.3, -0.25) is 14.5 Å². The van der Waals surface area contributed by atoms with Crippen LogP contribution in [-0.2, 0) is 9.59 Å². The van der Waals surface area contributed by atoms with Crippen molar-refractivity contribution in [1.29, 1.82) is 0 Å². The van der Waals surface area contributed by atoms with Gasteiger partial charge in [0.2, 0.25) is 0 Å². The second-order valence-electron chi connectivity index (χ2n) is 6.79. The largest absolute Gasteiger partial charge is 0.312 e. The van der Waals surface area contributed by atoms with Crippen molar-refractivity contribution in [3.63, 3.8) is 0 Å². The number of hydrogen-bond acceptors (Lipinski definition) is 3. The van der Waals surface area contributed by atoms with Crippen molar-refractivity contribution in [1.82, 2.24) is 0 Å². The molecule has 1 aliphatic rings. The topological polar surface area (TPSA) is 66.6 Å². The van der Waals surface area contributed by atoms with E-state index in [1.165, 1.54) is 4.90 Å². The summed E-state index contributed by atoms with van der Waals surface area (Å²) in [6, 6.07) is 13.1. The number of carbonyl (C=O) groups excluding carboxylic acids is 2. The number of para-hydroxylation sites is 1. The molecular formula is C20H22ClN3O2. The first-order valence-electron chi connectivity index (χ1n) is 8.65. The number of hydrogen-bond donors (Lipinski definition) is 1. The summed E-state index contributed by atoms with van der Waals surface area (Å²) in [5, 5.41) is 0.502. The van der Waals surface area contributed by atoms with Gasteiger partial charge in [0, 0.05) is 17.3 Å². The van der Waals surface area contributed by atoms with Gasteiger partial charge in [0.15, 0.2) is 6.04 Å². The number of anilines is 3. The maximum atomic E-state index is 13.0. The Labute approximate surface area is 158 Å². The fourth-order valence-corrected chi connectivity index (χ4v) is 3.18. The average Bonchev–Trinajstić information content (AvgIpc) is 2.69. The number of halogens is 1. The van der Waals surface area contributed by atoms with Gasteiger partial charge >= 0.3 is 0 Å². The van der Waals surface area contributed by atoms with Crippen molar-refractivity contribution in [2.75, 3.05) is 16.3 Å². The van der Waals surface area contributed by atoms with E-state index in [1.807, 2.05) is 30.3 Å². The van der Waals surface area contributed by atoms with Crippen molar-refractivity contribution in [2.24, 2.45) is 11.7 Å². The molecule has 0 saturated heterocycles. The van der Waals surface area contributed by atoms with Gasteiger partial charge in [0.25, 0.3) is 11.8 Å². The zero-order valence-electron chi connectivity index (χ0n) is 14.9. The molecule has 1 unspecified atom stereocenters. The molecule has 1 atom stereocenters. The summed E-state index contributed by atoms with van der Waals surface area (Å²) in [5.41, 5.74) is 7.92. The number of fused-ring (bicyclic) bond motifs is 1. The molecule has 3 rings (SSSR count). The molecule has 2 aromatic carbocycles. The van der Waals surface area contributed by atoms with E-state index in [4.69, 9.17) is 17.3 Å². The highest BCUT2D eigenvalue weighted by Crippen LogP contribution is 2.39. The predicted octanol–water partition coefficient (Wildman–Crippen LogP) is 3.72. The summed E-state index contributed by atoms with van der Waals surface area (Å²) in [7, 11) is 0. The highest BCUT2D eigenvalue weighted by molar-refractivity contribution is 6.31. The molecule has 136 valence electrons. The van der Waals surface area contributed by atoms with Crippen LogP contribution in [-0.4, -0.2) is 24.4 Å². The number of nitrogens with two attached hydrogens (primary N) is 1. The van der Waals surface area contributed by atoms with Crippen LogP contribution in [0.3, 0.4) is 0 Å². The normalized spacial score (nSPS) is 17.5. The fraction of sp³-hybridized carbons (Fsp3) is 0.300. The van der Waals surface area contributed by atoms with Gasteiger partial charge in [-0.15, -0.1) is 0 Å². The molecule has 0 fully saturated rings. The highest BCUT2D eigenvalue weighted by atomic mass is 35.5. The van der Waals surface area contributed by atoms with Crippen molar-refractivity contribution in [2.45, 2.75) is 26.3 Å². The molecule has 2 aromatic rings. The van der Waals surface area contributed by atoms with Gasteiger partial charge < -0.3 is 10.6 Å². The van der Waals surface area contributed by atoms with Crippen molar-refractivity contribution < 1.29 is 9.59 Å². The summed E-state index contributed by atoms with van der Waals surface area (Å²) < 4.78 is 0. The number of nitrogens with zero attached hydrogens (tertiary/aromatic N) is 2. The molecule has 0 spiro atoms. The minimum atomic E-state index is -1.26. The van der Waals surface area contributed by atoms with Crippen molar-refractivity contribution in [3.05, 3.63) is 53.6 Å². The van der Waals surface area contributed by atoms with Crippen LogP contribution in [0.1, 0.15) is 20.3 Å². The number of amides is 2. The van der Waals surface area contributed by atoms with Gasteiger partial charge in [-0.25, -0.2) is 0 Å². The molecule has 0 aliphatic carbocycles. The Balaban J connectivity index is 2.17. The molecule has 1 heterocycles. The third-order valence-electron chi connectivity index (χ3n) is 4.43. The Morgan fingerprint density at radius 1 is 1.04 bits per heavy atom. The SMILES string of the molecule is CC(C)CCN1C(=O)C(N)C(=O)N(c2ccccc2)c2ccc(Cl)cc21. The molecule has 26 heavy (non-hydrogen) atoms. The van der Waals surface area contributed by atoms with Crippen molar-refractivity contribution in [3.8, 4) is 0 Å². The van der Waals surface area contributed by atoms with Gasteiger partial charge in [0.05, 0.1) is 11.4 Å². The summed E-state index contributed by atoms with van der Waals surface area (Å²) in [6.07, 6.45) is 0.796. The van der Waals surface area contributed by atoms with Crippen LogP contribution in [0.2, 0.25) is 5.02 Å². The molecule has 0 radical (unpaired) electrons. The number of benzene rings is 2. The molecule has 2 N–H and O–H groups in total. The van der Waals surface area contributed by atoms with E-state index < -0.39 is 17.9 Å². The van der Waals surface area contributed by atoms with Crippen LogP contribution in [0.15, 0.2) is 48.5 Å². The van der Waals surface area contributed by atoms with E-state index in [9.17, 15) is 9.59 Å². The second kappa shape index (κ2) is 7.48. The lowest BCUT2D eigenvalue weighted by Gasteiger charge is -2.26. The standard InChI is InChI=1S/C20H22ClN3O2/c1-13(2)10-11-23-17-12-14(21)8-9-16(17)24(15-6-4-3-5-7-15)20(26)18(22)19(23)25/h3-9,12-13,18H,10-11,22H2,1-2H3. The molecule has 0 saturated carbocycles. The predicted molar refractivity (Wildman–Crippen MR) is 105 cm³/mol. The van der Waals surface area contributed by atoms with E-state index >= 15 is 0 Å². The van der Waals surface area contributed by atoms with Crippen LogP contribution in [0.4, 0.5) is 17.1 Å². The lowest BCUT2D eigenvalue weighted by Crippen LogP contribution is -2.50. The second-order valence-corrected chi connectivity index (χ2v) is 7.23. The van der Waals surface area contributed by atoms with Crippen LogP contribution in [0, 0.1) is 5.92 Å². The molecule has 0 aromatic heterocycles. The molecular weight excluding hydrogens is 350 g/mol. The molecule has 0 bridgehead atoms. The third kappa shape index (κ3) is 3.45. The molecule has 5 nitrogen and oxygen atoms in total.